The third-order valence-corrected chi connectivity index (χ3v) is 6.34. The van der Waals surface area contributed by atoms with Crippen molar-refractivity contribution < 1.29 is 4.79 Å². The quantitative estimate of drug-likeness (QED) is 0.606. The number of nitrogens with zero attached hydrogens (tertiary/aromatic N) is 2. The number of benzene rings is 2. The lowest BCUT2D eigenvalue weighted by molar-refractivity contribution is -0.133. The Bertz CT molecular complexity index is 968. The lowest BCUT2D eigenvalue weighted by Crippen LogP contribution is -2.40. The monoisotopic (exact) mass is 396 g/mol. The van der Waals surface area contributed by atoms with Crippen LogP contribution in [-0.2, 0) is 17.6 Å². The van der Waals surface area contributed by atoms with Crippen LogP contribution in [0.5, 0.6) is 0 Å². The minimum atomic E-state index is -0.0932. The van der Waals surface area contributed by atoms with Crippen molar-refractivity contribution in [1.29, 1.82) is 0 Å². The van der Waals surface area contributed by atoms with Gasteiger partial charge in [0.1, 0.15) is 0 Å². The number of aryl methyl sites for hydroxylation is 2. The van der Waals surface area contributed by atoms with Gasteiger partial charge in [0, 0.05) is 24.4 Å². The van der Waals surface area contributed by atoms with Crippen molar-refractivity contribution in [3.8, 4) is 0 Å². The topological polar surface area (TPSA) is 33.2 Å². The molecule has 1 aromatic heterocycles. The third-order valence-electron chi connectivity index (χ3n) is 5.18. The van der Waals surface area contributed by atoms with Crippen LogP contribution in [0.2, 0.25) is 5.02 Å². The number of rotatable bonds is 4. The molecule has 1 atom stereocenters. The molecule has 1 aliphatic rings. The molecule has 1 amide bonds. The van der Waals surface area contributed by atoms with Crippen LogP contribution in [0.4, 0.5) is 0 Å². The maximum Gasteiger partial charge on any atom is 0.223 e. The van der Waals surface area contributed by atoms with Crippen molar-refractivity contribution >= 4 is 28.8 Å². The number of carbonyl (C=O) groups excluding carboxylic acids is 1. The zero-order valence-electron chi connectivity index (χ0n) is 15.2. The van der Waals surface area contributed by atoms with E-state index in [1.165, 1.54) is 11.1 Å². The molecule has 2 heterocycles. The summed E-state index contributed by atoms with van der Waals surface area (Å²) in [7, 11) is 0. The lowest BCUT2D eigenvalue weighted by Gasteiger charge is -2.35. The molecule has 3 aromatic rings. The molecule has 5 heteroatoms. The van der Waals surface area contributed by atoms with Crippen molar-refractivity contribution in [2.45, 2.75) is 32.2 Å². The van der Waals surface area contributed by atoms with Crippen LogP contribution in [-0.4, -0.2) is 22.3 Å². The average molecular weight is 397 g/mol. The maximum absolute atomic E-state index is 13.2. The summed E-state index contributed by atoms with van der Waals surface area (Å²) in [5.74, 6) is 0.183. The van der Waals surface area contributed by atoms with Crippen LogP contribution in [0.15, 0.2) is 54.0 Å². The second-order valence-corrected chi connectivity index (χ2v) is 8.21. The number of hydrogen-bond acceptors (Lipinski definition) is 3. The largest absolute Gasteiger partial charge is 0.330 e. The van der Waals surface area contributed by atoms with Crippen LogP contribution in [0.1, 0.15) is 39.7 Å². The molecule has 1 unspecified atom stereocenters. The first kappa shape index (κ1) is 18.2. The predicted octanol–water partition coefficient (Wildman–Crippen LogP) is 5.21. The van der Waals surface area contributed by atoms with Crippen molar-refractivity contribution in [1.82, 2.24) is 9.88 Å². The fourth-order valence-corrected chi connectivity index (χ4v) is 4.91. The van der Waals surface area contributed by atoms with Crippen LogP contribution in [0, 0.1) is 6.92 Å². The summed E-state index contributed by atoms with van der Waals surface area (Å²) >= 11 is 7.86. The van der Waals surface area contributed by atoms with E-state index in [0.717, 1.165) is 29.0 Å². The fraction of sp³-hybridized carbons (Fsp3) is 0.273. The van der Waals surface area contributed by atoms with Crippen molar-refractivity contribution in [3.05, 3.63) is 86.3 Å². The molecular weight excluding hydrogens is 376 g/mol. The molecule has 0 fully saturated rings. The smallest absolute Gasteiger partial charge is 0.223 e. The highest BCUT2D eigenvalue weighted by atomic mass is 35.5. The number of thiazole rings is 1. The summed E-state index contributed by atoms with van der Waals surface area (Å²) in [4.78, 5) is 20.8. The molecule has 0 saturated heterocycles. The van der Waals surface area contributed by atoms with Crippen molar-refractivity contribution in [2.24, 2.45) is 0 Å². The molecule has 1 aliphatic heterocycles. The van der Waals surface area contributed by atoms with E-state index in [1.54, 1.807) is 11.3 Å². The Kier molecular flexibility index (Phi) is 5.28. The first-order valence-electron chi connectivity index (χ1n) is 9.15. The van der Waals surface area contributed by atoms with Crippen molar-refractivity contribution in [2.75, 3.05) is 6.54 Å². The standard InChI is InChI=1S/C22H21ClN2OS/c1-15-5-2-3-6-16(15)9-10-20(26)25-12-11-19-22(27-14-24-19)21(25)17-7-4-8-18(23)13-17/h2-8,13-14,21H,9-12H2,1H3. The normalized spacial score (nSPS) is 16.2. The summed E-state index contributed by atoms with van der Waals surface area (Å²) in [5, 5.41) is 0.691. The highest BCUT2D eigenvalue weighted by Crippen LogP contribution is 2.38. The van der Waals surface area contributed by atoms with E-state index >= 15 is 0 Å². The highest BCUT2D eigenvalue weighted by Gasteiger charge is 2.33. The third kappa shape index (κ3) is 3.78. The number of fused-ring (bicyclic) bond motifs is 1. The van der Waals surface area contributed by atoms with Gasteiger partial charge in [-0.25, -0.2) is 4.98 Å². The predicted molar refractivity (Wildman–Crippen MR) is 110 cm³/mol. The Labute approximate surface area is 168 Å². The van der Waals surface area contributed by atoms with Gasteiger partial charge in [-0.2, -0.15) is 0 Å². The zero-order chi connectivity index (χ0) is 18.8. The summed E-state index contributed by atoms with van der Waals surface area (Å²) in [5.41, 5.74) is 6.51. The molecular formula is C22H21ClN2OS. The second-order valence-electron chi connectivity index (χ2n) is 6.88. The van der Waals surface area contributed by atoms with Gasteiger partial charge in [0.05, 0.1) is 22.1 Å². The molecule has 27 heavy (non-hydrogen) atoms. The summed E-state index contributed by atoms with van der Waals surface area (Å²) in [6.45, 7) is 2.79. The van der Waals surface area contributed by atoms with Crippen LogP contribution >= 0.6 is 22.9 Å². The van der Waals surface area contributed by atoms with E-state index in [9.17, 15) is 4.79 Å². The minimum absolute atomic E-state index is 0.0932. The summed E-state index contributed by atoms with van der Waals surface area (Å²) < 4.78 is 0. The molecule has 3 nitrogen and oxygen atoms in total. The van der Waals surface area contributed by atoms with E-state index in [4.69, 9.17) is 11.6 Å². The van der Waals surface area contributed by atoms with Crippen LogP contribution in [0.25, 0.3) is 0 Å². The SMILES string of the molecule is Cc1ccccc1CCC(=O)N1CCc2ncsc2C1c1cccc(Cl)c1. The van der Waals surface area contributed by atoms with Crippen LogP contribution in [0.3, 0.4) is 0 Å². The molecule has 138 valence electrons. The number of halogens is 1. The van der Waals surface area contributed by atoms with Gasteiger partial charge in [-0.05, 0) is 42.2 Å². The van der Waals surface area contributed by atoms with E-state index in [2.05, 4.69) is 24.0 Å². The molecule has 0 radical (unpaired) electrons. The molecule has 4 rings (SSSR count). The Hall–Kier alpha value is -2.17. The number of carbonyl (C=O) groups is 1. The van der Waals surface area contributed by atoms with Gasteiger partial charge < -0.3 is 4.90 Å². The van der Waals surface area contributed by atoms with E-state index in [1.807, 2.05) is 46.8 Å². The average Bonchev–Trinajstić information content (AvgIpc) is 3.15. The minimum Gasteiger partial charge on any atom is -0.330 e. The molecule has 0 aliphatic carbocycles. The molecule has 0 spiro atoms. The highest BCUT2D eigenvalue weighted by molar-refractivity contribution is 7.09. The Morgan fingerprint density at radius 2 is 2.11 bits per heavy atom. The van der Waals surface area contributed by atoms with Gasteiger partial charge in [0.15, 0.2) is 0 Å². The van der Waals surface area contributed by atoms with Crippen LogP contribution < -0.4 is 0 Å². The number of hydrogen-bond donors (Lipinski definition) is 0. The van der Waals surface area contributed by atoms with Gasteiger partial charge in [0.2, 0.25) is 5.91 Å². The van der Waals surface area contributed by atoms with Gasteiger partial charge in [0.25, 0.3) is 0 Å². The molecule has 0 bridgehead atoms. The van der Waals surface area contributed by atoms with Gasteiger partial charge in [-0.1, -0.05) is 48.0 Å². The summed E-state index contributed by atoms with van der Waals surface area (Å²) in [6, 6.07) is 16.0. The van der Waals surface area contributed by atoms with E-state index in [-0.39, 0.29) is 11.9 Å². The summed E-state index contributed by atoms with van der Waals surface area (Å²) in [6.07, 6.45) is 2.09. The van der Waals surface area contributed by atoms with Gasteiger partial charge in [-0.3, -0.25) is 4.79 Å². The Morgan fingerprint density at radius 3 is 2.93 bits per heavy atom. The van der Waals surface area contributed by atoms with Crippen molar-refractivity contribution in [3.63, 3.8) is 0 Å². The zero-order valence-corrected chi connectivity index (χ0v) is 16.8. The van der Waals surface area contributed by atoms with E-state index < -0.39 is 0 Å². The van der Waals surface area contributed by atoms with E-state index in [0.29, 0.717) is 18.0 Å². The number of amides is 1. The molecule has 0 saturated carbocycles. The van der Waals surface area contributed by atoms with Gasteiger partial charge in [-0.15, -0.1) is 11.3 Å². The molecule has 0 N–H and O–H groups in total. The van der Waals surface area contributed by atoms with Gasteiger partial charge >= 0.3 is 0 Å². The molecule has 2 aromatic carbocycles. The first-order valence-corrected chi connectivity index (χ1v) is 10.4. The second kappa shape index (κ2) is 7.83. The Balaban J connectivity index is 1.60. The first-order chi connectivity index (χ1) is 13.1. The number of aromatic nitrogens is 1. The lowest BCUT2D eigenvalue weighted by atomic mass is 9.96. The maximum atomic E-state index is 13.2. The fourth-order valence-electron chi connectivity index (χ4n) is 3.74. The Morgan fingerprint density at radius 1 is 1.26 bits per heavy atom.